The smallest absolute Gasteiger partial charge is 0.378 e. The summed E-state index contributed by atoms with van der Waals surface area (Å²) in [4.78, 5) is 13.5. The lowest BCUT2D eigenvalue weighted by Crippen LogP contribution is -2.76. The summed E-state index contributed by atoms with van der Waals surface area (Å²) in [5, 5.41) is 0. The molecule has 0 radical (unpaired) electrons. The van der Waals surface area contributed by atoms with E-state index in [0.717, 1.165) is 4.90 Å². The Labute approximate surface area is 122 Å². The third-order valence-corrected chi connectivity index (χ3v) is 4.81. The van der Waals surface area contributed by atoms with E-state index in [1.165, 1.54) is 0 Å². The van der Waals surface area contributed by atoms with E-state index in [-0.39, 0.29) is 18.6 Å². The molecule has 1 amide bonds. The van der Waals surface area contributed by atoms with Crippen LogP contribution >= 0.6 is 0 Å². The molecule has 2 rings (SSSR count). The largest absolute Gasteiger partial charge is 0.406 e. The highest BCUT2D eigenvalue weighted by Crippen LogP contribution is 2.51. The molecule has 2 atom stereocenters. The molecule has 2 aliphatic rings. The van der Waals surface area contributed by atoms with Crippen molar-refractivity contribution < 1.29 is 22.7 Å². The highest BCUT2D eigenvalue weighted by Gasteiger charge is 2.65. The number of rotatable bonds is 5. The number of carbonyl (C=O) groups excluding carboxylic acids is 1. The fourth-order valence-electron chi connectivity index (χ4n) is 3.00. The van der Waals surface area contributed by atoms with Gasteiger partial charge in [-0.15, -0.1) is 0 Å². The normalized spacial score (nSPS) is 31.7. The molecule has 0 spiro atoms. The van der Waals surface area contributed by atoms with Crippen LogP contribution in [0.1, 0.15) is 40.0 Å². The van der Waals surface area contributed by atoms with Gasteiger partial charge in [0.1, 0.15) is 12.1 Å². The summed E-state index contributed by atoms with van der Waals surface area (Å²) in [7, 11) is 0. The maximum absolute atomic E-state index is 12.7. The number of nitrogens with zero attached hydrogens (tertiary/aromatic N) is 1. The molecule has 4 nitrogen and oxygen atoms in total. The van der Waals surface area contributed by atoms with Gasteiger partial charge in [0, 0.05) is 24.5 Å². The number of hydrogen-bond donors (Lipinski definition) is 1. The molecular formula is C14H23F3N2O2. The van der Waals surface area contributed by atoms with Gasteiger partial charge in [0.05, 0.1) is 6.10 Å². The van der Waals surface area contributed by atoms with E-state index in [0.29, 0.717) is 19.4 Å². The molecule has 21 heavy (non-hydrogen) atoms. The average molecular weight is 308 g/mol. The summed E-state index contributed by atoms with van der Waals surface area (Å²) in [6.07, 6.45) is -3.08. The first-order valence-corrected chi connectivity index (χ1v) is 7.31. The van der Waals surface area contributed by atoms with Crippen LogP contribution in [-0.4, -0.2) is 47.8 Å². The predicted octanol–water partition coefficient (Wildman–Crippen LogP) is 2.07. The molecule has 0 aliphatic heterocycles. The zero-order chi connectivity index (χ0) is 16.1. The van der Waals surface area contributed by atoms with Crippen molar-refractivity contribution in [2.75, 3.05) is 13.2 Å². The van der Waals surface area contributed by atoms with E-state index in [2.05, 4.69) is 0 Å². The summed E-state index contributed by atoms with van der Waals surface area (Å²) in [6.45, 7) is 4.69. The van der Waals surface area contributed by atoms with E-state index < -0.39 is 29.6 Å². The molecule has 2 N–H and O–H groups in total. The molecule has 0 heterocycles. The van der Waals surface area contributed by atoms with Gasteiger partial charge < -0.3 is 15.4 Å². The first-order valence-electron chi connectivity index (χ1n) is 7.31. The number of ether oxygens (including phenoxy) is 1. The Hall–Kier alpha value is -0.820. The summed E-state index contributed by atoms with van der Waals surface area (Å²) in [5.41, 5.74) is 4.25. The minimum atomic E-state index is -4.40. The van der Waals surface area contributed by atoms with Crippen LogP contribution in [0.15, 0.2) is 0 Å². The minimum Gasteiger partial charge on any atom is -0.378 e. The van der Waals surface area contributed by atoms with Crippen molar-refractivity contribution in [3.05, 3.63) is 0 Å². The third-order valence-electron chi connectivity index (χ3n) is 4.81. The molecule has 2 unspecified atom stereocenters. The summed E-state index contributed by atoms with van der Waals surface area (Å²) < 4.78 is 43.6. The van der Waals surface area contributed by atoms with Gasteiger partial charge in [-0.3, -0.25) is 4.79 Å². The van der Waals surface area contributed by atoms with Crippen molar-refractivity contribution in [1.29, 1.82) is 0 Å². The van der Waals surface area contributed by atoms with Crippen LogP contribution in [0, 0.1) is 5.41 Å². The van der Waals surface area contributed by atoms with Crippen LogP contribution in [-0.2, 0) is 9.53 Å². The van der Waals surface area contributed by atoms with E-state index in [4.69, 9.17) is 10.5 Å². The summed E-state index contributed by atoms with van der Waals surface area (Å²) in [6, 6.07) is -0.318. The van der Waals surface area contributed by atoms with Gasteiger partial charge in [-0.05, 0) is 19.8 Å². The maximum atomic E-state index is 12.7. The lowest BCUT2D eigenvalue weighted by atomic mass is 9.54. The lowest BCUT2D eigenvalue weighted by Gasteiger charge is -2.58. The second-order valence-corrected chi connectivity index (χ2v) is 6.62. The van der Waals surface area contributed by atoms with Crippen molar-refractivity contribution in [2.45, 2.75) is 63.9 Å². The van der Waals surface area contributed by atoms with Gasteiger partial charge in [0.15, 0.2) is 0 Å². The van der Waals surface area contributed by atoms with Crippen LogP contribution in [0.25, 0.3) is 0 Å². The Balaban J connectivity index is 2.14. The quantitative estimate of drug-likeness (QED) is 0.846. The maximum Gasteiger partial charge on any atom is 0.406 e. The summed E-state index contributed by atoms with van der Waals surface area (Å²) in [5.74, 6) is -0.594. The minimum absolute atomic E-state index is 0.191. The Morgan fingerprint density at radius 3 is 2.33 bits per heavy atom. The molecule has 2 saturated carbocycles. The average Bonchev–Trinajstić information content (AvgIpc) is 3.17. The molecular weight excluding hydrogens is 285 g/mol. The third kappa shape index (κ3) is 2.90. The van der Waals surface area contributed by atoms with Crippen molar-refractivity contribution >= 4 is 5.91 Å². The molecule has 122 valence electrons. The van der Waals surface area contributed by atoms with Gasteiger partial charge in [-0.25, -0.2) is 0 Å². The standard InChI is InChI=1S/C14H23F3N2O2/c1-4-21-10-7-13(18,12(10,2)3)11(20)19(9-5-6-9)8-14(15,16)17/h9-10H,4-8,18H2,1-3H3. The highest BCUT2D eigenvalue weighted by molar-refractivity contribution is 5.89. The number of halogens is 3. The van der Waals surface area contributed by atoms with Crippen LogP contribution in [0.2, 0.25) is 0 Å². The zero-order valence-corrected chi connectivity index (χ0v) is 12.7. The number of hydrogen-bond acceptors (Lipinski definition) is 3. The van der Waals surface area contributed by atoms with Gasteiger partial charge in [0.25, 0.3) is 0 Å². The highest BCUT2D eigenvalue weighted by atomic mass is 19.4. The molecule has 7 heteroatoms. The second-order valence-electron chi connectivity index (χ2n) is 6.62. The van der Waals surface area contributed by atoms with E-state index in [1.54, 1.807) is 13.8 Å². The van der Waals surface area contributed by atoms with Crippen molar-refractivity contribution in [1.82, 2.24) is 4.90 Å². The molecule has 0 aromatic rings. The van der Waals surface area contributed by atoms with Crippen molar-refractivity contribution in [2.24, 2.45) is 11.1 Å². The van der Waals surface area contributed by atoms with Crippen molar-refractivity contribution in [3.8, 4) is 0 Å². The predicted molar refractivity (Wildman–Crippen MR) is 71.5 cm³/mol. The Morgan fingerprint density at radius 2 is 1.95 bits per heavy atom. The first kappa shape index (κ1) is 16.5. The monoisotopic (exact) mass is 308 g/mol. The molecule has 0 aromatic carbocycles. The molecule has 0 aromatic heterocycles. The van der Waals surface area contributed by atoms with Gasteiger partial charge in [-0.1, -0.05) is 13.8 Å². The second kappa shape index (κ2) is 5.12. The molecule has 0 saturated heterocycles. The fraction of sp³-hybridized carbons (Fsp3) is 0.929. The van der Waals surface area contributed by atoms with Crippen LogP contribution in [0.3, 0.4) is 0 Å². The van der Waals surface area contributed by atoms with E-state index in [1.807, 2.05) is 6.92 Å². The molecule has 2 fully saturated rings. The first-order chi connectivity index (χ1) is 9.53. The van der Waals surface area contributed by atoms with E-state index in [9.17, 15) is 18.0 Å². The van der Waals surface area contributed by atoms with Crippen LogP contribution in [0.5, 0.6) is 0 Å². The topological polar surface area (TPSA) is 55.6 Å². The van der Waals surface area contributed by atoms with Gasteiger partial charge in [-0.2, -0.15) is 13.2 Å². The number of carbonyl (C=O) groups is 1. The number of amides is 1. The van der Waals surface area contributed by atoms with Crippen LogP contribution in [0.4, 0.5) is 13.2 Å². The SMILES string of the molecule is CCOC1CC(N)(C(=O)N(CC(F)(F)F)C2CC2)C1(C)C. The molecule has 2 aliphatic carbocycles. The fourth-order valence-corrected chi connectivity index (χ4v) is 3.00. The van der Waals surface area contributed by atoms with Gasteiger partial charge >= 0.3 is 6.18 Å². The van der Waals surface area contributed by atoms with E-state index >= 15 is 0 Å². The summed E-state index contributed by atoms with van der Waals surface area (Å²) >= 11 is 0. The van der Waals surface area contributed by atoms with Gasteiger partial charge in [0.2, 0.25) is 5.91 Å². The Bertz CT molecular complexity index is 421. The number of nitrogens with two attached hydrogens (primary N) is 1. The number of alkyl halides is 3. The Morgan fingerprint density at radius 1 is 1.38 bits per heavy atom. The molecule has 0 bridgehead atoms. The van der Waals surface area contributed by atoms with Crippen LogP contribution < -0.4 is 5.73 Å². The Kier molecular flexibility index (Phi) is 4.04. The van der Waals surface area contributed by atoms with Crippen molar-refractivity contribution in [3.63, 3.8) is 0 Å². The zero-order valence-electron chi connectivity index (χ0n) is 12.7. The lowest BCUT2D eigenvalue weighted by molar-refractivity contribution is -0.191.